The third kappa shape index (κ3) is 4.07. The van der Waals surface area contributed by atoms with E-state index in [0.717, 1.165) is 26.2 Å². The van der Waals surface area contributed by atoms with E-state index in [4.69, 9.17) is 0 Å². The van der Waals surface area contributed by atoms with Crippen LogP contribution in [-0.2, 0) is 4.79 Å². The monoisotopic (exact) mass is 282 g/mol. The summed E-state index contributed by atoms with van der Waals surface area (Å²) in [5.41, 5.74) is 0.486. The van der Waals surface area contributed by atoms with Crippen LogP contribution in [0.25, 0.3) is 0 Å². The first kappa shape index (κ1) is 14.1. The number of nitrogens with zero attached hydrogens (tertiary/aromatic N) is 3. The number of amides is 1. The van der Waals surface area contributed by atoms with Crippen LogP contribution in [0.15, 0.2) is 16.0 Å². The molecule has 0 atom stereocenters. The van der Waals surface area contributed by atoms with E-state index in [2.05, 4.69) is 21.9 Å². The minimum absolute atomic E-state index is 0.0993. The minimum Gasteiger partial charge on any atom is -0.339 e. The highest BCUT2D eigenvalue weighted by Crippen LogP contribution is 2.12. The maximum Gasteiger partial charge on any atom is 0.251 e. The largest absolute Gasteiger partial charge is 0.339 e. The lowest BCUT2D eigenvalue weighted by Crippen LogP contribution is -2.47. The van der Waals surface area contributed by atoms with Crippen LogP contribution < -0.4 is 5.56 Å². The Labute approximate surface area is 116 Å². The zero-order valence-electron chi connectivity index (χ0n) is 11.2. The molecule has 104 valence electrons. The van der Waals surface area contributed by atoms with Crippen LogP contribution in [-0.4, -0.2) is 64.7 Å². The second kappa shape index (κ2) is 6.21. The van der Waals surface area contributed by atoms with Gasteiger partial charge in [0.2, 0.25) is 5.91 Å². The predicted molar refractivity (Wildman–Crippen MR) is 74.4 cm³/mol. The molecule has 0 unspecified atom stereocenters. The Hall–Kier alpha value is -1.34. The number of aromatic amines is 1. The summed E-state index contributed by atoms with van der Waals surface area (Å²) in [7, 11) is 2.05. The fourth-order valence-corrected chi connectivity index (χ4v) is 2.72. The minimum atomic E-state index is -0.179. The number of rotatable bonds is 3. The molecular formula is C12H18N4O2S. The molecule has 0 bridgehead atoms. The van der Waals surface area contributed by atoms with Crippen molar-refractivity contribution in [3.8, 4) is 0 Å². The number of aromatic nitrogens is 2. The first-order valence-corrected chi connectivity index (χ1v) is 7.20. The molecule has 1 aliphatic heterocycles. The van der Waals surface area contributed by atoms with Crippen LogP contribution in [0, 0.1) is 6.92 Å². The number of likely N-dealkylation sites (N-methyl/N-ethyl adjacent to an activating group) is 1. The summed E-state index contributed by atoms with van der Waals surface area (Å²) < 4.78 is 0. The van der Waals surface area contributed by atoms with Gasteiger partial charge in [-0.25, -0.2) is 4.98 Å². The molecule has 0 saturated carbocycles. The molecule has 7 heteroatoms. The summed E-state index contributed by atoms with van der Waals surface area (Å²) >= 11 is 1.28. The predicted octanol–water partition coefficient (Wildman–Crippen LogP) is -0.0556. The van der Waals surface area contributed by atoms with Gasteiger partial charge in [-0.15, -0.1) is 0 Å². The average molecular weight is 282 g/mol. The second-order valence-corrected chi connectivity index (χ2v) is 5.63. The van der Waals surface area contributed by atoms with Crippen molar-refractivity contribution >= 4 is 17.7 Å². The molecule has 0 aliphatic carbocycles. The molecule has 1 aromatic heterocycles. The van der Waals surface area contributed by atoms with E-state index in [1.165, 1.54) is 17.8 Å². The normalized spacial score (nSPS) is 16.6. The first-order chi connectivity index (χ1) is 9.04. The highest BCUT2D eigenvalue weighted by Gasteiger charge is 2.19. The average Bonchev–Trinajstić information content (AvgIpc) is 2.36. The van der Waals surface area contributed by atoms with E-state index < -0.39 is 0 Å². The maximum atomic E-state index is 12.0. The van der Waals surface area contributed by atoms with E-state index in [0.29, 0.717) is 16.6 Å². The molecule has 0 aromatic carbocycles. The Morgan fingerprint density at radius 3 is 2.74 bits per heavy atom. The highest BCUT2D eigenvalue weighted by atomic mass is 32.2. The van der Waals surface area contributed by atoms with Gasteiger partial charge in [0.25, 0.3) is 5.56 Å². The zero-order chi connectivity index (χ0) is 13.8. The van der Waals surface area contributed by atoms with Gasteiger partial charge >= 0.3 is 0 Å². The van der Waals surface area contributed by atoms with Gasteiger partial charge in [0, 0.05) is 37.9 Å². The second-order valence-electron chi connectivity index (χ2n) is 4.66. The van der Waals surface area contributed by atoms with Crippen molar-refractivity contribution < 1.29 is 4.79 Å². The summed E-state index contributed by atoms with van der Waals surface area (Å²) in [6, 6.07) is 1.44. The highest BCUT2D eigenvalue weighted by molar-refractivity contribution is 7.99. The summed E-state index contributed by atoms with van der Waals surface area (Å²) in [4.78, 5) is 34.2. The van der Waals surface area contributed by atoms with E-state index in [-0.39, 0.29) is 11.5 Å². The van der Waals surface area contributed by atoms with E-state index in [9.17, 15) is 9.59 Å². The Kier molecular flexibility index (Phi) is 4.60. The first-order valence-electron chi connectivity index (χ1n) is 6.21. The summed E-state index contributed by atoms with van der Waals surface area (Å²) in [5, 5.41) is 0.507. The van der Waals surface area contributed by atoms with Crippen molar-refractivity contribution in [2.45, 2.75) is 12.1 Å². The van der Waals surface area contributed by atoms with Crippen molar-refractivity contribution in [3.05, 3.63) is 22.1 Å². The fourth-order valence-electron chi connectivity index (χ4n) is 1.90. The van der Waals surface area contributed by atoms with Crippen LogP contribution in [0.4, 0.5) is 0 Å². The number of carbonyl (C=O) groups is 1. The molecule has 1 saturated heterocycles. The molecule has 1 N–H and O–H groups in total. The Balaban J connectivity index is 1.88. The molecule has 1 fully saturated rings. The Morgan fingerprint density at radius 2 is 2.11 bits per heavy atom. The standard InChI is InChI=1S/C12H18N4O2S/c1-9-7-10(17)14-12(13-9)19-8-11(18)16-5-3-15(2)4-6-16/h7H,3-6,8H2,1-2H3,(H,13,14,17). The van der Waals surface area contributed by atoms with Crippen LogP contribution in [0.1, 0.15) is 5.69 Å². The lowest BCUT2D eigenvalue weighted by molar-refractivity contribution is -0.129. The molecular weight excluding hydrogens is 264 g/mol. The zero-order valence-corrected chi connectivity index (χ0v) is 12.0. The third-order valence-corrected chi connectivity index (χ3v) is 3.89. The van der Waals surface area contributed by atoms with Crippen molar-refractivity contribution in [2.75, 3.05) is 39.0 Å². The smallest absolute Gasteiger partial charge is 0.251 e. The summed E-state index contributed by atoms with van der Waals surface area (Å²) in [5.74, 6) is 0.415. The van der Waals surface area contributed by atoms with Gasteiger partial charge in [0.1, 0.15) is 0 Å². The van der Waals surface area contributed by atoms with Crippen LogP contribution >= 0.6 is 11.8 Å². The van der Waals surface area contributed by atoms with E-state index in [1.807, 2.05) is 4.90 Å². The molecule has 0 spiro atoms. The molecule has 2 rings (SSSR count). The number of hydrogen-bond donors (Lipinski definition) is 1. The molecule has 2 heterocycles. The van der Waals surface area contributed by atoms with Crippen LogP contribution in [0.5, 0.6) is 0 Å². The van der Waals surface area contributed by atoms with Crippen molar-refractivity contribution in [1.82, 2.24) is 19.8 Å². The van der Waals surface area contributed by atoms with E-state index in [1.54, 1.807) is 6.92 Å². The number of hydrogen-bond acceptors (Lipinski definition) is 5. The molecule has 6 nitrogen and oxygen atoms in total. The molecule has 1 amide bonds. The summed E-state index contributed by atoms with van der Waals surface area (Å²) in [6.07, 6.45) is 0. The molecule has 0 radical (unpaired) electrons. The van der Waals surface area contributed by atoms with Gasteiger partial charge in [-0.2, -0.15) is 0 Å². The van der Waals surface area contributed by atoms with Gasteiger partial charge in [-0.1, -0.05) is 11.8 Å². The Bertz CT molecular complexity index is 509. The lowest BCUT2D eigenvalue weighted by Gasteiger charge is -2.32. The number of aryl methyl sites for hydroxylation is 1. The molecule has 1 aliphatic rings. The molecule has 1 aromatic rings. The summed E-state index contributed by atoms with van der Waals surface area (Å²) in [6.45, 7) is 5.13. The maximum absolute atomic E-state index is 12.0. The quantitative estimate of drug-likeness (QED) is 0.621. The van der Waals surface area contributed by atoms with Gasteiger partial charge in [-0.05, 0) is 14.0 Å². The van der Waals surface area contributed by atoms with Gasteiger partial charge in [-0.3, -0.25) is 9.59 Å². The number of carbonyl (C=O) groups excluding carboxylic acids is 1. The molecule has 19 heavy (non-hydrogen) atoms. The van der Waals surface area contributed by atoms with Crippen LogP contribution in [0.3, 0.4) is 0 Å². The number of nitrogens with one attached hydrogen (secondary N) is 1. The SMILES string of the molecule is Cc1cc(=O)[nH]c(SCC(=O)N2CCN(C)CC2)n1. The van der Waals surface area contributed by atoms with Gasteiger partial charge in [0.05, 0.1) is 5.75 Å². The number of H-pyrrole nitrogens is 1. The van der Waals surface area contributed by atoms with Crippen molar-refractivity contribution in [2.24, 2.45) is 0 Å². The van der Waals surface area contributed by atoms with Crippen molar-refractivity contribution in [3.63, 3.8) is 0 Å². The third-order valence-electron chi connectivity index (χ3n) is 3.04. The van der Waals surface area contributed by atoms with E-state index >= 15 is 0 Å². The van der Waals surface area contributed by atoms with Gasteiger partial charge < -0.3 is 14.8 Å². The number of thioether (sulfide) groups is 1. The topological polar surface area (TPSA) is 69.3 Å². The number of piperazine rings is 1. The lowest BCUT2D eigenvalue weighted by atomic mass is 10.3. The Morgan fingerprint density at radius 1 is 1.42 bits per heavy atom. The fraction of sp³-hybridized carbons (Fsp3) is 0.583. The van der Waals surface area contributed by atoms with Gasteiger partial charge in [0.15, 0.2) is 5.16 Å². The van der Waals surface area contributed by atoms with Crippen LogP contribution in [0.2, 0.25) is 0 Å². The van der Waals surface area contributed by atoms with Crippen molar-refractivity contribution in [1.29, 1.82) is 0 Å².